The fourth-order valence-corrected chi connectivity index (χ4v) is 3.94. The Bertz CT molecular complexity index is 830. The van der Waals surface area contributed by atoms with E-state index in [2.05, 4.69) is 40.1 Å². The molecule has 116 valence electrons. The number of hydrogen-bond acceptors (Lipinski definition) is 5. The Hall–Kier alpha value is -2.18. The smallest absolute Gasteiger partial charge is 0.230 e. The lowest BCUT2D eigenvalue weighted by molar-refractivity contribution is -0.118. The lowest BCUT2D eigenvalue weighted by Crippen LogP contribution is -2.24. The first-order valence-electron chi connectivity index (χ1n) is 7.08. The highest BCUT2D eigenvalue weighted by Gasteiger charge is 2.11. The van der Waals surface area contributed by atoms with Gasteiger partial charge in [-0.1, -0.05) is 48.2 Å². The maximum absolute atomic E-state index is 11.7. The first-order valence-corrected chi connectivity index (χ1v) is 8.88. The van der Waals surface area contributed by atoms with Crippen LogP contribution in [-0.4, -0.2) is 28.2 Å². The second kappa shape index (κ2) is 7.39. The number of nitrogens with one attached hydrogen (secondary N) is 1. The summed E-state index contributed by atoms with van der Waals surface area (Å²) in [5, 5.41) is 4.60. The van der Waals surface area contributed by atoms with Crippen molar-refractivity contribution >= 4 is 39.2 Å². The van der Waals surface area contributed by atoms with Crippen LogP contribution in [0.4, 0.5) is 0 Å². The number of rotatable bonds is 6. The van der Waals surface area contributed by atoms with Crippen LogP contribution in [0.15, 0.2) is 60.4 Å². The van der Waals surface area contributed by atoms with Crippen LogP contribution in [0.25, 0.3) is 20.7 Å². The molecular weight excluding hydrogens is 326 g/mol. The van der Waals surface area contributed by atoms with Crippen LogP contribution in [0.5, 0.6) is 0 Å². The summed E-state index contributed by atoms with van der Waals surface area (Å²) in [6.45, 7) is 4.06. The van der Waals surface area contributed by atoms with E-state index in [1.807, 2.05) is 18.2 Å². The molecule has 23 heavy (non-hydrogen) atoms. The molecule has 3 rings (SSSR count). The number of fused-ring (bicyclic) bond motifs is 1. The quantitative estimate of drug-likeness (QED) is 0.421. The van der Waals surface area contributed by atoms with Crippen molar-refractivity contribution in [3.05, 3.63) is 55.4 Å². The standard InChI is InChI=1S/C17H15N3OS2/c1-2-8-18-15(21)10-22-16-13-9-14(12-6-4-3-5-7-12)23-17(13)20-11-19-16/h2-7,9,11H,1,8,10H2,(H,18,21). The van der Waals surface area contributed by atoms with Crippen molar-refractivity contribution in [1.82, 2.24) is 15.3 Å². The molecule has 4 nitrogen and oxygen atoms in total. The van der Waals surface area contributed by atoms with Gasteiger partial charge >= 0.3 is 0 Å². The second-order valence-corrected chi connectivity index (χ2v) is 6.75. The third-order valence-electron chi connectivity index (χ3n) is 3.13. The molecule has 2 aromatic heterocycles. The topological polar surface area (TPSA) is 54.9 Å². The van der Waals surface area contributed by atoms with Gasteiger partial charge in [-0.05, 0) is 11.6 Å². The summed E-state index contributed by atoms with van der Waals surface area (Å²) >= 11 is 3.06. The normalized spacial score (nSPS) is 10.6. The summed E-state index contributed by atoms with van der Waals surface area (Å²) in [6, 6.07) is 12.3. The van der Waals surface area contributed by atoms with Gasteiger partial charge in [0, 0.05) is 16.8 Å². The van der Waals surface area contributed by atoms with Crippen LogP contribution in [-0.2, 0) is 4.79 Å². The molecule has 1 amide bonds. The van der Waals surface area contributed by atoms with Gasteiger partial charge in [0.1, 0.15) is 16.2 Å². The zero-order valence-electron chi connectivity index (χ0n) is 12.4. The van der Waals surface area contributed by atoms with E-state index < -0.39 is 0 Å². The number of carbonyl (C=O) groups excluding carboxylic acids is 1. The summed E-state index contributed by atoms with van der Waals surface area (Å²) in [6.07, 6.45) is 3.22. The lowest BCUT2D eigenvalue weighted by atomic mass is 10.2. The number of hydrogen-bond donors (Lipinski definition) is 1. The van der Waals surface area contributed by atoms with Crippen molar-refractivity contribution in [2.24, 2.45) is 0 Å². The summed E-state index contributed by atoms with van der Waals surface area (Å²) in [5.74, 6) is 0.302. The molecule has 6 heteroatoms. The van der Waals surface area contributed by atoms with E-state index in [9.17, 15) is 4.79 Å². The molecule has 0 saturated heterocycles. The van der Waals surface area contributed by atoms with E-state index in [0.29, 0.717) is 12.3 Å². The van der Waals surface area contributed by atoms with Gasteiger partial charge in [-0.2, -0.15) is 0 Å². The maximum atomic E-state index is 11.7. The number of thiophene rings is 1. The van der Waals surface area contributed by atoms with E-state index in [-0.39, 0.29) is 5.91 Å². The lowest BCUT2D eigenvalue weighted by Gasteiger charge is -2.02. The van der Waals surface area contributed by atoms with Gasteiger partial charge in [0.2, 0.25) is 5.91 Å². The third kappa shape index (κ3) is 3.78. The number of thioether (sulfide) groups is 1. The molecular formula is C17H15N3OS2. The van der Waals surface area contributed by atoms with Gasteiger partial charge in [-0.25, -0.2) is 9.97 Å². The van der Waals surface area contributed by atoms with Crippen LogP contribution in [0, 0.1) is 0 Å². The monoisotopic (exact) mass is 341 g/mol. The molecule has 0 spiro atoms. The van der Waals surface area contributed by atoms with Gasteiger partial charge in [0.05, 0.1) is 5.75 Å². The van der Waals surface area contributed by atoms with E-state index >= 15 is 0 Å². The molecule has 2 heterocycles. The molecule has 0 radical (unpaired) electrons. The zero-order chi connectivity index (χ0) is 16.1. The average Bonchev–Trinajstić information content (AvgIpc) is 3.03. The Kier molecular flexibility index (Phi) is 5.05. The molecule has 1 aromatic carbocycles. The Morgan fingerprint density at radius 3 is 2.91 bits per heavy atom. The molecule has 0 unspecified atom stereocenters. The number of nitrogens with zero attached hydrogens (tertiary/aromatic N) is 2. The zero-order valence-corrected chi connectivity index (χ0v) is 14.0. The third-order valence-corrected chi connectivity index (χ3v) is 5.23. The minimum Gasteiger partial charge on any atom is -0.352 e. The predicted octanol–water partition coefficient (Wildman–Crippen LogP) is 3.75. The molecule has 0 bridgehead atoms. The molecule has 3 aromatic rings. The van der Waals surface area contributed by atoms with Gasteiger partial charge in [-0.3, -0.25) is 4.79 Å². The largest absolute Gasteiger partial charge is 0.352 e. The van der Waals surface area contributed by atoms with Crippen molar-refractivity contribution in [2.45, 2.75) is 5.03 Å². The fourth-order valence-electron chi connectivity index (χ4n) is 2.06. The van der Waals surface area contributed by atoms with Crippen LogP contribution in [0.1, 0.15) is 0 Å². The highest BCUT2D eigenvalue weighted by molar-refractivity contribution is 8.00. The first kappa shape index (κ1) is 15.7. The van der Waals surface area contributed by atoms with Gasteiger partial charge < -0.3 is 5.32 Å². The Morgan fingerprint density at radius 1 is 1.30 bits per heavy atom. The van der Waals surface area contributed by atoms with Crippen molar-refractivity contribution < 1.29 is 4.79 Å². The number of aromatic nitrogens is 2. The SMILES string of the molecule is C=CCNC(=O)CSc1ncnc2sc(-c3ccccc3)cc12. The van der Waals surface area contributed by atoms with Crippen LogP contribution >= 0.6 is 23.1 Å². The number of benzene rings is 1. The first-order chi connectivity index (χ1) is 11.3. The summed E-state index contributed by atoms with van der Waals surface area (Å²) in [5.41, 5.74) is 1.16. The molecule has 0 aliphatic heterocycles. The Balaban J connectivity index is 1.83. The highest BCUT2D eigenvalue weighted by Crippen LogP contribution is 2.35. The molecule has 0 fully saturated rings. The molecule has 0 saturated carbocycles. The van der Waals surface area contributed by atoms with Crippen molar-refractivity contribution in [2.75, 3.05) is 12.3 Å². The molecule has 0 aliphatic carbocycles. The van der Waals surface area contributed by atoms with E-state index in [1.54, 1.807) is 23.7 Å². The van der Waals surface area contributed by atoms with Crippen LogP contribution in [0.3, 0.4) is 0 Å². The average molecular weight is 341 g/mol. The minimum absolute atomic E-state index is 0.0276. The summed E-state index contributed by atoms with van der Waals surface area (Å²) in [4.78, 5) is 22.5. The number of amides is 1. The summed E-state index contributed by atoms with van der Waals surface area (Å²) < 4.78 is 0. The van der Waals surface area contributed by atoms with Crippen LogP contribution < -0.4 is 5.32 Å². The van der Waals surface area contributed by atoms with Crippen molar-refractivity contribution in [3.8, 4) is 10.4 Å². The van der Waals surface area contributed by atoms with Gasteiger partial charge in [0.15, 0.2) is 0 Å². The molecule has 1 N–H and O–H groups in total. The van der Waals surface area contributed by atoms with Crippen LogP contribution in [0.2, 0.25) is 0 Å². The minimum atomic E-state index is -0.0276. The van der Waals surface area contributed by atoms with Gasteiger partial charge in [-0.15, -0.1) is 17.9 Å². The number of carbonyl (C=O) groups is 1. The van der Waals surface area contributed by atoms with Gasteiger partial charge in [0.25, 0.3) is 0 Å². The molecule has 0 atom stereocenters. The highest BCUT2D eigenvalue weighted by atomic mass is 32.2. The molecule has 0 aliphatic rings. The maximum Gasteiger partial charge on any atom is 0.230 e. The van der Waals surface area contributed by atoms with E-state index in [4.69, 9.17) is 0 Å². The van der Waals surface area contributed by atoms with Crippen molar-refractivity contribution in [1.29, 1.82) is 0 Å². The van der Waals surface area contributed by atoms with Crippen molar-refractivity contribution in [3.63, 3.8) is 0 Å². The second-order valence-electron chi connectivity index (χ2n) is 4.76. The van der Waals surface area contributed by atoms with E-state index in [0.717, 1.165) is 25.7 Å². The fraction of sp³-hybridized carbons (Fsp3) is 0.118. The Morgan fingerprint density at radius 2 is 2.13 bits per heavy atom. The predicted molar refractivity (Wildman–Crippen MR) is 96.8 cm³/mol. The van der Waals surface area contributed by atoms with E-state index in [1.165, 1.54) is 11.8 Å². The summed E-state index contributed by atoms with van der Waals surface area (Å²) in [7, 11) is 0. The Labute approximate surface area is 142 Å².